The van der Waals surface area contributed by atoms with Crippen molar-refractivity contribution in [1.29, 1.82) is 0 Å². The smallest absolute Gasteiger partial charge is 0.332 e. The van der Waals surface area contributed by atoms with Gasteiger partial charge >= 0.3 is 5.97 Å². The van der Waals surface area contributed by atoms with Crippen molar-refractivity contribution < 1.29 is 42.5 Å². The van der Waals surface area contributed by atoms with E-state index in [0.717, 1.165) is 6.08 Å². The zero-order chi connectivity index (χ0) is 25.3. The number of ketones is 1. The Morgan fingerprint density at radius 3 is 2.56 bits per heavy atom. The maximum Gasteiger partial charge on any atom is 0.332 e. The molecule has 0 unspecified atom stereocenters. The summed E-state index contributed by atoms with van der Waals surface area (Å²) in [6, 6.07) is -1.08. The van der Waals surface area contributed by atoms with E-state index >= 15 is 8.78 Å². The van der Waals surface area contributed by atoms with E-state index in [1.54, 1.807) is 13.8 Å². The van der Waals surface area contributed by atoms with Gasteiger partial charge < -0.3 is 14.9 Å². The third-order valence-corrected chi connectivity index (χ3v) is 9.74. The Balaban J connectivity index is 1.87. The molecule has 4 aliphatic carbocycles. The number of fused-ring (bicyclic) bond motifs is 5. The summed E-state index contributed by atoms with van der Waals surface area (Å²) < 4.78 is 51.5. The van der Waals surface area contributed by atoms with Crippen LogP contribution in [0.3, 0.4) is 0 Å². The molecule has 188 valence electrons. The fraction of sp³-hybridized carbons (Fsp3) is 0.708. The Kier molecular flexibility index (Phi) is 6.13. The highest BCUT2D eigenvalue weighted by Gasteiger charge is 2.78. The minimum Gasteiger partial charge on any atom is -0.447 e. The summed E-state index contributed by atoms with van der Waals surface area (Å²) in [5, 5.41) is 19.9. The average Bonchev–Trinajstić information content (AvgIpc) is 2.99. The van der Waals surface area contributed by atoms with Gasteiger partial charge in [-0.1, -0.05) is 19.9 Å². The highest BCUT2D eigenvalue weighted by Crippen LogP contribution is 2.72. The number of aliphatic hydroxyl groups excluding tert-OH is 2. The van der Waals surface area contributed by atoms with Gasteiger partial charge in [-0.25, -0.2) is 18.0 Å². The van der Waals surface area contributed by atoms with E-state index in [1.165, 1.54) is 19.1 Å². The molecule has 0 aromatic heterocycles. The normalized spacial score (nSPS) is 47.4. The molecular weight excluding hydrogens is 473 g/mol. The number of rotatable bonds is 4. The molecular formula is C24H29F3O6S. The van der Waals surface area contributed by atoms with Crippen LogP contribution in [0.25, 0.3) is 0 Å². The number of carbonyl (C=O) groups excluding carboxylic acids is 3. The molecule has 0 aliphatic heterocycles. The number of carbonyl (C=O) groups is 3. The summed E-state index contributed by atoms with van der Waals surface area (Å²) in [4.78, 5) is 37.4. The third kappa shape index (κ3) is 3.00. The van der Waals surface area contributed by atoms with Gasteiger partial charge in [-0.2, -0.15) is 0 Å². The van der Waals surface area contributed by atoms with Gasteiger partial charge in [-0.05, 0) is 61.6 Å². The van der Waals surface area contributed by atoms with Crippen molar-refractivity contribution in [2.45, 2.75) is 63.6 Å². The van der Waals surface area contributed by atoms with Crippen molar-refractivity contribution in [1.82, 2.24) is 0 Å². The van der Waals surface area contributed by atoms with Crippen LogP contribution in [0.5, 0.6) is 0 Å². The first-order valence-electron chi connectivity index (χ1n) is 11.4. The lowest BCUT2D eigenvalue weighted by Crippen LogP contribution is -2.70. The van der Waals surface area contributed by atoms with Gasteiger partial charge in [0.2, 0.25) is 5.12 Å². The summed E-state index contributed by atoms with van der Waals surface area (Å²) in [5.74, 6) is -4.02. The van der Waals surface area contributed by atoms with Crippen LogP contribution >= 0.6 is 11.8 Å². The Bertz CT molecular complexity index is 986. The van der Waals surface area contributed by atoms with E-state index < -0.39 is 81.6 Å². The lowest BCUT2D eigenvalue weighted by Gasteiger charge is -2.63. The lowest BCUT2D eigenvalue weighted by atomic mass is 9.44. The summed E-state index contributed by atoms with van der Waals surface area (Å²) in [7, 11) is 0. The number of alkyl halides is 3. The zero-order valence-electron chi connectivity index (χ0n) is 19.2. The molecule has 0 spiro atoms. The second kappa shape index (κ2) is 8.20. The number of aliphatic hydroxyl groups is 2. The van der Waals surface area contributed by atoms with Crippen LogP contribution in [0, 0.1) is 28.6 Å². The number of allylic oxidation sites excluding steroid dienone is 4. The maximum absolute atomic E-state index is 17.2. The average molecular weight is 503 g/mol. The molecule has 0 radical (unpaired) electrons. The van der Waals surface area contributed by atoms with Gasteiger partial charge in [0, 0.05) is 22.7 Å². The Morgan fingerprint density at radius 2 is 1.94 bits per heavy atom. The van der Waals surface area contributed by atoms with Crippen molar-refractivity contribution in [2.75, 3.05) is 12.6 Å². The molecule has 9 atom stereocenters. The zero-order valence-corrected chi connectivity index (χ0v) is 20.0. The molecule has 10 heteroatoms. The van der Waals surface area contributed by atoms with Gasteiger partial charge in [0.05, 0.1) is 6.10 Å². The molecule has 0 amide bonds. The molecule has 4 rings (SSSR count). The van der Waals surface area contributed by atoms with Crippen LogP contribution in [-0.4, -0.2) is 63.2 Å². The largest absolute Gasteiger partial charge is 0.447 e. The molecule has 2 N–H and O–H groups in total. The second-order valence-electron chi connectivity index (χ2n) is 10.4. The number of halogens is 3. The van der Waals surface area contributed by atoms with E-state index in [1.807, 2.05) is 0 Å². The number of esters is 1. The first kappa shape index (κ1) is 25.4. The molecule has 34 heavy (non-hydrogen) atoms. The van der Waals surface area contributed by atoms with E-state index in [2.05, 4.69) is 0 Å². The fourth-order valence-corrected chi connectivity index (χ4v) is 8.38. The van der Waals surface area contributed by atoms with Crippen molar-refractivity contribution in [3.8, 4) is 0 Å². The number of hydrogen-bond acceptors (Lipinski definition) is 7. The summed E-state index contributed by atoms with van der Waals surface area (Å²) >= 11 is 0.314. The van der Waals surface area contributed by atoms with Crippen LogP contribution in [0.15, 0.2) is 23.8 Å². The third-order valence-electron chi connectivity index (χ3n) is 9.06. The molecule has 0 aromatic carbocycles. The molecule has 0 saturated heterocycles. The Hall–Kier alpha value is -1.65. The molecule has 0 bridgehead atoms. The highest BCUT2D eigenvalue weighted by molar-refractivity contribution is 8.13. The molecule has 4 aliphatic rings. The van der Waals surface area contributed by atoms with Crippen LogP contribution in [-0.2, 0) is 19.1 Å². The lowest BCUT2D eigenvalue weighted by molar-refractivity contribution is -0.229. The molecule has 3 fully saturated rings. The first-order chi connectivity index (χ1) is 15.8. The number of ether oxygens (including phenoxy) is 1. The topological polar surface area (TPSA) is 101 Å². The number of hydrogen-bond donors (Lipinski definition) is 2. The van der Waals surface area contributed by atoms with E-state index in [-0.39, 0.29) is 24.8 Å². The van der Waals surface area contributed by atoms with Crippen LogP contribution in [0.1, 0.15) is 40.0 Å². The van der Waals surface area contributed by atoms with E-state index in [4.69, 9.17) is 4.74 Å². The van der Waals surface area contributed by atoms with Gasteiger partial charge in [0.25, 0.3) is 0 Å². The van der Waals surface area contributed by atoms with Crippen LogP contribution in [0.2, 0.25) is 0 Å². The summed E-state index contributed by atoms with van der Waals surface area (Å²) in [6.45, 7) is 3.67. The number of thioether (sulfide) groups is 1. The van der Waals surface area contributed by atoms with Crippen LogP contribution in [0.4, 0.5) is 13.2 Å². The van der Waals surface area contributed by atoms with Gasteiger partial charge in [0.1, 0.15) is 18.8 Å². The predicted molar refractivity (Wildman–Crippen MR) is 118 cm³/mol. The van der Waals surface area contributed by atoms with Gasteiger partial charge in [-0.15, -0.1) is 0 Å². The van der Waals surface area contributed by atoms with Gasteiger partial charge in [-0.3, -0.25) is 9.59 Å². The fourth-order valence-electron chi connectivity index (χ4n) is 7.59. The second-order valence-corrected chi connectivity index (χ2v) is 11.3. The summed E-state index contributed by atoms with van der Waals surface area (Å²) in [6.07, 6.45) is -0.230. The monoisotopic (exact) mass is 502 g/mol. The van der Waals surface area contributed by atoms with Crippen molar-refractivity contribution in [3.63, 3.8) is 0 Å². The van der Waals surface area contributed by atoms with E-state index in [0.29, 0.717) is 11.8 Å². The van der Waals surface area contributed by atoms with E-state index in [9.17, 15) is 29.0 Å². The molecule has 0 aromatic rings. The minimum absolute atomic E-state index is 0.0190. The van der Waals surface area contributed by atoms with Crippen molar-refractivity contribution in [2.24, 2.45) is 28.6 Å². The molecule has 3 saturated carbocycles. The van der Waals surface area contributed by atoms with Gasteiger partial charge in [0.15, 0.2) is 17.1 Å². The molecule has 0 heterocycles. The predicted octanol–water partition coefficient (Wildman–Crippen LogP) is 3.01. The Labute approximate surface area is 200 Å². The highest BCUT2D eigenvalue weighted by atomic mass is 32.2. The standard InChI is InChI=1S/C24H29F3O6S/c1-12-6-14-15-8-17(26)16-7-13(29)4-5-21(16,2)23(15,27)18(30)9-22(14,3)24(12,20(32)34-11-25)33-19(31)10-28/h4-5,7,12,14-15,17-18,28,30H,6,8-11H2,1-3H3/t12-,14+,15+,17+,18+,21+,22+,23+,24+/m1/s1. The van der Waals surface area contributed by atoms with Crippen molar-refractivity contribution in [3.05, 3.63) is 23.8 Å². The summed E-state index contributed by atoms with van der Waals surface area (Å²) in [5.41, 5.74) is -7.23. The first-order valence-corrected chi connectivity index (χ1v) is 12.3. The maximum atomic E-state index is 17.2. The SMILES string of the molecule is C[C@@H]1C[C@H]2[C@@H]3C[C@H](F)C4=CC(=O)C=C[C@]4(C)[C@@]3(F)[C@@H](O)C[C@]2(C)[C@@]1(OC(=O)CO)C(=O)SCF. The Morgan fingerprint density at radius 1 is 1.26 bits per heavy atom. The minimum atomic E-state index is -2.35. The molecule has 6 nitrogen and oxygen atoms in total. The van der Waals surface area contributed by atoms with Crippen LogP contribution < -0.4 is 0 Å². The van der Waals surface area contributed by atoms with Crippen molar-refractivity contribution >= 4 is 28.6 Å². The quantitative estimate of drug-likeness (QED) is 0.570.